The number of fused-ring (bicyclic) bond motifs is 1. The number of hydrogen-bond acceptors (Lipinski definition) is 8. The summed E-state index contributed by atoms with van der Waals surface area (Å²) in [6.45, 7) is 4.03. The predicted octanol–water partition coefficient (Wildman–Crippen LogP) is 1.27. The first-order chi connectivity index (χ1) is 17.5. The van der Waals surface area contributed by atoms with Crippen molar-refractivity contribution in [2.75, 3.05) is 13.1 Å². The summed E-state index contributed by atoms with van der Waals surface area (Å²) in [6, 6.07) is 4.23. The molecule has 37 heavy (non-hydrogen) atoms. The van der Waals surface area contributed by atoms with Gasteiger partial charge in [-0.05, 0) is 56.2 Å². The molecule has 1 saturated heterocycles. The highest BCUT2D eigenvalue weighted by Gasteiger charge is 2.39. The highest BCUT2D eigenvalue weighted by molar-refractivity contribution is 7.89. The molecule has 3 atom stereocenters. The Kier molecular flexibility index (Phi) is 9.10. The molecule has 2 aromatic rings. The van der Waals surface area contributed by atoms with Gasteiger partial charge in [0.25, 0.3) is 0 Å². The van der Waals surface area contributed by atoms with Crippen LogP contribution in [0, 0.1) is 17.7 Å². The largest absolute Gasteiger partial charge is 0.480 e. The van der Waals surface area contributed by atoms with Gasteiger partial charge in [0, 0.05) is 24.7 Å². The zero-order valence-electron chi connectivity index (χ0n) is 20.6. The lowest BCUT2D eigenvalue weighted by molar-refractivity contribution is -0.153. The number of carbonyl (C=O) groups is 2. The predicted molar refractivity (Wildman–Crippen MR) is 137 cm³/mol. The van der Waals surface area contributed by atoms with Crippen molar-refractivity contribution < 1.29 is 23.1 Å². The third-order valence-corrected chi connectivity index (χ3v) is 7.73. The van der Waals surface area contributed by atoms with E-state index in [9.17, 15) is 28.0 Å². The molecule has 0 spiro atoms. The van der Waals surface area contributed by atoms with Gasteiger partial charge in [0.2, 0.25) is 21.9 Å². The second-order valence-electron chi connectivity index (χ2n) is 9.14. The van der Waals surface area contributed by atoms with Crippen LogP contribution in [-0.4, -0.2) is 66.4 Å². The van der Waals surface area contributed by atoms with Gasteiger partial charge in [-0.3, -0.25) is 14.8 Å². The number of aliphatic carboxylic acids is 1. The molecular weight excluding hydrogens is 502 g/mol. The number of nitrogens with one attached hydrogen (secondary N) is 2. The number of nitroso groups, excluding NO2 is 1. The summed E-state index contributed by atoms with van der Waals surface area (Å²) in [5.41, 5.74) is 8.54. The van der Waals surface area contributed by atoms with Gasteiger partial charge in [0.05, 0.1) is 10.8 Å². The second-order valence-corrected chi connectivity index (χ2v) is 10.8. The minimum Gasteiger partial charge on any atom is -0.480 e. The van der Waals surface area contributed by atoms with Crippen molar-refractivity contribution in [2.24, 2.45) is 21.9 Å². The summed E-state index contributed by atoms with van der Waals surface area (Å²) in [5.74, 6) is -1.87. The Morgan fingerprint density at radius 3 is 2.81 bits per heavy atom. The van der Waals surface area contributed by atoms with E-state index in [4.69, 9.17) is 5.73 Å². The quantitative estimate of drug-likeness (QED) is 0.114. The van der Waals surface area contributed by atoms with E-state index in [-0.39, 0.29) is 54.6 Å². The van der Waals surface area contributed by atoms with Gasteiger partial charge in [0.15, 0.2) is 0 Å². The SMILES string of the molecule is Cc1cnc2c(S(=O)(=O)N[C@@H](CCCN=C(N)NN=O)C(=O)N3CC[C@@H](C)C[C@@H]3C(=O)O)cccc2c1. The zero-order valence-corrected chi connectivity index (χ0v) is 21.4. The van der Waals surface area contributed by atoms with Gasteiger partial charge in [-0.1, -0.05) is 19.1 Å². The van der Waals surface area contributed by atoms with Crippen molar-refractivity contribution in [3.05, 3.63) is 40.9 Å². The normalized spacial score (nSPS) is 19.4. The number of benzene rings is 1. The number of nitrogens with two attached hydrogens (primary N) is 1. The molecule has 1 aliphatic rings. The first-order valence-corrected chi connectivity index (χ1v) is 13.3. The van der Waals surface area contributed by atoms with Gasteiger partial charge in [-0.2, -0.15) is 4.72 Å². The van der Waals surface area contributed by atoms with Gasteiger partial charge >= 0.3 is 5.97 Å². The fraction of sp³-hybridized carbons (Fsp3) is 0.478. The number of hydrogen-bond donors (Lipinski definition) is 4. The lowest BCUT2D eigenvalue weighted by Gasteiger charge is -2.38. The van der Waals surface area contributed by atoms with Crippen LogP contribution < -0.4 is 15.9 Å². The first-order valence-electron chi connectivity index (χ1n) is 11.8. The monoisotopic (exact) mass is 533 g/mol. The fourth-order valence-electron chi connectivity index (χ4n) is 4.36. The summed E-state index contributed by atoms with van der Waals surface area (Å²) in [5, 5.41) is 12.8. The maximum absolute atomic E-state index is 13.6. The molecule has 3 rings (SSSR count). The van der Waals surface area contributed by atoms with Crippen LogP contribution in [0.15, 0.2) is 45.6 Å². The van der Waals surface area contributed by atoms with E-state index in [1.54, 1.807) is 24.4 Å². The third-order valence-electron chi connectivity index (χ3n) is 6.22. The van der Waals surface area contributed by atoms with Crippen LogP contribution in [0.5, 0.6) is 0 Å². The maximum atomic E-state index is 13.6. The van der Waals surface area contributed by atoms with Gasteiger partial charge in [-0.15, -0.1) is 4.91 Å². The first kappa shape index (κ1) is 27.9. The molecular formula is C23H31N7O6S. The Morgan fingerprint density at radius 1 is 1.35 bits per heavy atom. The molecule has 1 aromatic carbocycles. The zero-order chi connectivity index (χ0) is 27.2. The number of aryl methyl sites for hydroxylation is 1. The third kappa shape index (κ3) is 6.98. The van der Waals surface area contributed by atoms with Crippen LogP contribution in [0.25, 0.3) is 10.9 Å². The van der Waals surface area contributed by atoms with Crippen molar-refractivity contribution in [1.82, 2.24) is 20.0 Å². The van der Waals surface area contributed by atoms with Gasteiger partial charge < -0.3 is 15.7 Å². The number of amides is 1. The summed E-state index contributed by atoms with van der Waals surface area (Å²) in [6.07, 6.45) is 2.67. The standard InChI is InChI=1S/C23H31N7O6S/c1-14-8-10-30(18(12-14)22(32)33)21(31)17(6-4-9-25-23(24)27-29-34)28-37(35,36)19-7-3-5-16-11-15(2)13-26-20(16)19/h3,5,7,11,13-14,17-18,28H,4,6,8-10,12H2,1-2H3,(H,32,33)(H3,24,25,27,34)/t14-,17+,18-/m1/s1. The molecule has 14 heteroatoms. The summed E-state index contributed by atoms with van der Waals surface area (Å²) in [4.78, 5) is 45.0. The molecule has 1 aliphatic heterocycles. The maximum Gasteiger partial charge on any atom is 0.326 e. The van der Waals surface area contributed by atoms with E-state index in [1.165, 1.54) is 11.0 Å². The molecule has 0 unspecified atom stereocenters. The molecule has 0 bridgehead atoms. The summed E-state index contributed by atoms with van der Waals surface area (Å²) in [7, 11) is -4.23. The smallest absolute Gasteiger partial charge is 0.326 e. The average molecular weight is 534 g/mol. The molecule has 1 aromatic heterocycles. The van der Waals surface area contributed by atoms with Crippen molar-refractivity contribution >= 4 is 38.8 Å². The van der Waals surface area contributed by atoms with E-state index in [0.717, 1.165) is 5.56 Å². The Balaban J connectivity index is 1.90. The summed E-state index contributed by atoms with van der Waals surface area (Å²) >= 11 is 0. The molecule has 200 valence electrons. The molecule has 0 aliphatic carbocycles. The molecule has 1 fully saturated rings. The van der Waals surface area contributed by atoms with E-state index in [0.29, 0.717) is 11.8 Å². The van der Waals surface area contributed by atoms with Crippen molar-refractivity contribution in [3.63, 3.8) is 0 Å². The van der Waals surface area contributed by atoms with Gasteiger partial charge in [0.1, 0.15) is 17.0 Å². The van der Waals surface area contributed by atoms with Crippen LogP contribution >= 0.6 is 0 Å². The fourth-order valence-corrected chi connectivity index (χ4v) is 5.76. The minimum atomic E-state index is -4.23. The lowest BCUT2D eigenvalue weighted by Crippen LogP contribution is -2.56. The number of sulfonamides is 1. The van der Waals surface area contributed by atoms with Crippen LogP contribution in [0.3, 0.4) is 0 Å². The highest BCUT2D eigenvalue weighted by Crippen LogP contribution is 2.26. The number of piperidine rings is 1. The number of aliphatic imine (C=N–C) groups is 1. The van der Waals surface area contributed by atoms with Crippen molar-refractivity contribution in [3.8, 4) is 0 Å². The Labute approximate surface area is 214 Å². The highest BCUT2D eigenvalue weighted by atomic mass is 32.2. The van der Waals surface area contributed by atoms with Crippen LogP contribution in [0.2, 0.25) is 0 Å². The van der Waals surface area contributed by atoms with Crippen molar-refractivity contribution in [1.29, 1.82) is 0 Å². The molecule has 0 saturated carbocycles. The number of pyridine rings is 1. The Hall–Kier alpha value is -3.65. The second kappa shape index (κ2) is 12.1. The van der Waals surface area contributed by atoms with E-state index in [1.807, 2.05) is 19.3 Å². The Bertz CT molecular complexity index is 1300. The number of aromatic nitrogens is 1. The molecule has 5 N–H and O–H groups in total. The topological polar surface area (TPSA) is 197 Å². The number of rotatable bonds is 10. The molecule has 13 nitrogen and oxygen atoms in total. The lowest BCUT2D eigenvalue weighted by atomic mass is 9.91. The summed E-state index contributed by atoms with van der Waals surface area (Å²) < 4.78 is 29.4. The Morgan fingerprint density at radius 2 is 2.11 bits per heavy atom. The molecule has 2 heterocycles. The number of nitrogens with zero attached hydrogens (tertiary/aromatic N) is 4. The number of carboxylic acids is 1. The molecule has 0 radical (unpaired) electrons. The van der Waals surface area contributed by atoms with Gasteiger partial charge in [-0.25, -0.2) is 18.6 Å². The van der Waals surface area contributed by atoms with E-state index < -0.39 is 34.0 Å². The van der Waals surface area contributed by atoms with Crippen molar-refractivity contribution in [2.45, 2.75) is 56.5 Å². The van der Waals surface area contributed by atoms with E-state index in [2.05, 4.69) is 20.0 Å². The van der Waals surface area contributed by atoms with Crippen LogP contribution in [-0.2, 0) is 19.6 Å². The minimum absolute atomic E-state index is 0.0130. The number of carboxylic acid groups (broad SMARTS) is 1. The number of guanidine groups is 1. The van der Waals surface area contributed by atoms with Crippen LogP contribution in [0.4, 0.5) is 0 Å². The molecule has 1 amide bonds. The average Bonchev–Trinajstić information content (AvgIpc) is 2.84. The number of para-hydroxylation sites is 1. The van der Waals surface area contributed by atoms with Crippen LogP contribution in [0.1, 0.15) is 38.2 Å². The van der Waals surface area contributed by atoms with E-state index >= 15 is 0 Å². The number of carbonyl (C=O) groups excluding carboxylic acids is 1. The number of likely N-dealkylation sites (tertiary alicyclic amines) is 1.